The number of carbonyl (C=O) groups is 2. The zero-order valence-electron chi connectivity index (χ0n) is 19.9. The molecule has 0 unspecified atom stereocenters. The molecule has 192 valence electrons. The number of likely N-dealkylation sites (tertiary alicyclic amines) is 1. The minimum absolute atomic E-state index is 0.0227. The number of amides is 2. The quantitative estimate of drug-likeness (QED) is 0.630. The molecule has 2 fully saturated rings. The summed E-state index contributed by atoms with van der Waals surface area (Å²) in [6.07, 6.45) is 0.987. The number of nitrogens with zero attached hydrogens (tertiary/aromatic N) is 1. The van der Waals surface area contributed by atoms with Crippen molar-refractivity contribution < 1.29 is 27.5 Å². The molecule has 2 amide bonds. The number of hydrogen-bond acceptors (Lipinski definition) is 4. The second-order valence-electron chi connectivity index (χ2n) is 9.95. The molecule has 3 aliphatic rings. The fourth-order valence-corrected chi connectivity index (χ4v) is 5.49. The van der Waals surface area contributed by atoms with Gasteiger partial charge in [-0.3, -0.25) is 14.5 Å². The van der Waals surface area contributed by atoms with E-state index in [1.54, 1.807) is 0 Å². The van der Waals surface area contributed by atoms with E-state index in [-0.39, 0.29) is 24.1 Å². The predicted octanol–water partition coefficient (Wildman–Crippen LogP) is 3.90. The third-order valence-electron chi connectivity index (χ3n) is 7.54. The van der Waals surface area contributed by atoms with Crippen molar-refractivity contribution in [2.75, 3.05) is 26.2 Å². The number of nitrogens with one attached hydrogen (secondary N) is 2. The molecule has 5 rings (SSSR count). The minimum atomic E-state index is -4.53. The molecule has 2 N–H and O–H groups in total. The average molecular weight is 502 g/mol. The SMILES string of the molecule is O=C(CNC(=O)c1cccc(C(F)(F)F)c1)NC1CN([C@H]2CC[C@@H](c3ccc4c(c3)OCC4)CC2)C1. The average Bonchev–Trinajstić information content (AvgIpc) is 3.32. The van der Waals surface area contributed by atoms with E-state index in [0.29, 0.717) is 12.0 Å². The van der Waals surface area contributed by atoms with Gasteiger partial charge in [0, 0.05) is 31.1 Å². The van der Waals surface area contributed by atoms with Gasteiger partial charge in [0.2, 0.25) is 5.91 Å². The first kappa shape index (κ1) is 24.6. The fourth-order valence-electron chi connectivity index (χ4n) is 5.49. The first-order valence-corrected chi connectivity index (χ1v) is 12.5. The van der Waals surface area contributed by atoms with Gasteiger partial charge in [-0.1, -0.05) is 18.2 Å². The lowest BCUT2D eigenvalue weighted by atomic mass is 9.80. The van der Waals surface area contributed by atoms with Crippen LogP contribution < -0.4 is 15.4 Å². The Labute approximate surface area is 208 Å². The van der Waals surface area contributed by atoms with Gasteiger partial charge >= 0.3 is 6.18 Å². The van der Waals surface area contributed by atoms with Crippen LogP contribution in [0.4, 0.5) is 13.2 Å². The largest absolute Gasteiger partial charge is 0.493 e. The Morgan fingerprint density at radius 1 is 1.03 bits per heavy atom. The van der Waals surface area contributed by atoms with E-state index in [4.69, 9.17) is 4.74 Å². The van der Waals surface area contributed by atoms with E-state index >= 15 is 0 Å². The van der Waals surface area contributed by atoms with Gasteiger partial charge in [0.15, 0.2) is 0 Å². The number of rotatable bonds is 6. The molecular weight excluding hydrogens is 471 g/mol. The van der Waals surface area contributed by atoms with Crippen molar-refractivity contribution in [3.8, 4) is 5.75 Å². The van der Waals surface area contributed by atoms with Gasteiger partial charge in [0.25, 0.3) is 5.91 Å². The summed E-state index contributed by atoms with van der Waals surface area (Å²) >= 11 is 0. The van der Waals surface area contributed by atoms with Crippen LogP contribution in [-0.4, -0.2) is 55.0 Å². The van der Waals surface area contributed by atoms with Crippen LogP contribution >= 0.6 is 0 Å². The Bertz CT molecular complexity index is 1120. The lowest BCUT2D eigenvalue weighted by Crippen LogP contribution is -2.63. The third-order valence-corrected chi connectivity index (χ3v) is 7.54. The van der Waals surface area contributed by atoms with E-state index in [1.807, 2.05) is 0 Å². The molecule has 6 nitrogen and oxygen atoms in total. The maximum absolute atomic E-state index is 12.8. The minimum Gasteiger partial charge on any atom is -0.493 e. The molecule has 0 bridgehead atoms. The highest BCUT2D eigenvalue weighted by Crippen LogP contribution is 2.38. The molecule has 2 aliphatic heterocycles. The number of hydrogen-bond donors (Lipinski definition) is 2. The van der Waals surface area contributed by atoms with Crippen molar-refractivity contribution in [3.05, 3.63) is 64.7 Å². The predicted molar refractivity (Wildman–Crippen MR) is 128 cm³/mol. The van der Waals surface area contributed by atoms with Gasteiger partial charge in [0.05, 0.1) is 24.8 Å². The van der Waals surface area contributed by atoms with Gasteiger partial charge in [-0.15, -0.1) is 0 Å². The first-order valence-electron chi connectivity index (χ1n) is 12.5. The first-order chi connectivity index (χ1) is 17.3. The van der Waals surface area contributed by atoms with Crippen LogP contribution in [0.3, 0.4) is 0 Å². The van der Waals surface area contributed by atoms with Crippen molar-refractivity contribution in [1.82, 2.24) is 15.5 Å². The maximum Gasteiger partial charge on any atom is 0.416 e. The molecule has 9 heteroatoms. The summed E-state index contributed by atoms with van der Waals surface area (Å²) in [5, 5.41) is 5.30. The summed E-state index contributed by atoms with van der Waals surface area (Å²) in [4.78, 5) is 26.8. The number of ether oxygens (including phenoxy) is 1. The Balaban J connectivity index is 1.02. The smallest absolute Gasteiger partial charge is 0.416 e. The molecular formula is C27H30F3N3O3. The number of halogens is 3. The third kappa shape index (κ3) is 5.51. The molecule has 0 atom stereocenters. The molecule has 2 aromatic rings. The van der Waals surface area contributed by atoms with Crippen LogP contribution in [0.5, 0.6) is 5.75 Å². The van der Waals surface area contributed by atoms with Crippen LogP contribution in [-0.2, 0) is 17.4 Å². The van der Waals surface area contributed by atoms with Gasteiger partial charge in [0.1, 0.15) is 5.75 Å². The second-order valence-corrected chi connectivity index (χ2v) is 9.95. The molecule has 2 heterocycles. The summed E-state index contributed by atoms with van der Waals surface area (Å²) in [5.74, 6) is 0.552. The van der Waals surface area contributed by atoms with Gasteiger partial charge < -0.3 is 15.4 Å². The summed E-state index contributed by atoms with van der Waals surface area (Å²) < 4.78 is 44.2. The van der Waals surface area contributed by atoms with Gasteiger partial charge in [-0.2, -0.15) is 13.2 Å². The van der Waals surface area contributed by atoms with Gasteiger partial charge in [-0.25, -0.2) is 0 Å². The number of benzene rings is 2. The molecule has 0 spiro atoms. The Kier molecular flexibility index (Phi) is 6.92. The summed E-state index contributed by atoms with van der Waals surface area (Å²) in [6, 6.07) is 11.4. The highest BCUT2D eigenvalue weighted by molar-refractivity contribution is 5.96. The lowest BCUT2D eigenvalue weighted by molar-refractivity contribution is -0.137. The molecule has 0 aromatic heterocycles. The van der Waals surface area contributed by atoms with Crippen LogP contribution in [0, 0.1) is 0 Å². The summed E-state index contributed by atoms with van der Waals surface area (Å²) in [5.41, 5.74) is 1.64. The zero-order valence-corrected chi connectivity index (χ0v) is 19.9. The summed E-state index contributed by atoms with van der Waals surface area (Å²) in [7, 11) is 0. The van der Waals surface area contributed by atoms with Crippen molar-refractivity contribution >= 4 is 11.8 Å². The van der Waals surface area contributed by atoms with Crippen LogP contribution in [0.1, 0.15) is 58.6 Å². The second kappa shape index (κ2) is 10.1. The number of alkyl halides is 3. The lowest BCUT2D eigenvalue weighted by Gasteiger charge is -2.46. The van der Waals surface area contributed by atoms with E-state index in [9.17, 15) is 22.8 Å². The highest BCUT2D eigenvalue weighted by Gasteiger charge is 2.36. The highest BCUT2D eigenvalue weighted by atomic mass is 19.4. The summed E-state index contributed by atoms with van der Waals surface area (Å²) in [6.45, 7) is 2.05. The van der Waals surface area contributed by atoms with Crippen molar-refractivity contribution in [2.24, 2.45) is 0 Å². The van der Waals surface area contributed by atoms with Crippen molar-refractivity contribution in [1.29, 1.82) is 0 Å². The standard InChI is InChI=1S/C27H30F3N3O3/c28-27(29,30)21-3-1-2-20(12-21)26(35)31-14-25(34)32-22-15-33(16-22)23-8-6-17(7-9-23)19-5-4-18-10-11-36-24(18)13-19/h1-5,12-13,17,22-23H,6-11,14-16H2,(H,31,35)(H,32,34)/t17-,23+. The molecule has 36 heavy (non-hydrogen) atoms. The molecule has 1 aliphatic carbocycles. The van der Waals surface area contributed by atoms with E-state index in [0.717, 1.165) is 69.7 Å². The fraction of sp³-hybridized carbons (Fsp3) is 0.481. The number of carbonyl (C=O) groups excluding carboxylic acids is 2. The topological polar surface area (TPSA) is 70.7 Å². The monoisotopic (exact) mass is 501 g/mol. The zero-order chi connectivity index (χ0) is 25.3. The van der Waals surface area contributed by atoms with Crippen LogP contribution in [0.2, 0.25) is 0 Å². The van der Waals surface area contributed by atoms with E-state index < -0.39 is 17.6 Å². The van der Waals surface area contributed by atoms with Gasteiger partial charge in [-0.05, 0) is 67.0 Å². The molecule has 0 radical (unpaired) electrons. The van der Waals surface area contributed by atoms with E-state index in [2.05, 4.69) is 33.7 Å². The van der Waals surface area contributed by atoms with Crippen molar-refractivity contribution in [3.63, 3.8) is 0 Å². The molecule has 1 saturated heterocycles. The maximum atomic E-state index is 12.8. The van der Waals surface area contributed by atoms with Crippen molar-refractivity contribution in [2.45, 2.75) is 56.3 Å². The van der Waals surface area contributed by atoms with Crippen LogP contribution in [0.25, 0.3) is 0 Å². The Morgan fingerprint density at radius 2 is 1.81 bits per heavy atom. The Morgan fingerprint density at radius 3 is 2.56 bits per heavy atom. The molecule has 1 saturated carbocycles. The normalized spacial score (nSPS) is 22.3. The molecule has 2 aromatic carbocycles. The number of fused-ring (bicyclic) bond motifs is 1. The van der Waals surface area contributed by atoms with E-state index in [1.165, 1.54) is 23.3 Å². The Hall–Kier alpha value is -3.07. The van der Waals surface area contributed by atoms with Crippen LogP contribution in [0.15, 0.2) is 42.5 Å².